The fraction of sp³-hybridized carbons (Fsp3) is 0.786. The lowest BCUT2D eigenvalue weighted by Crippen LogP contribution is -2.37. The van der Waals surface area contributed by atoms with Gasteiger partial charge in [-0.1, -0.05) is 19.3 Å². The average molecular weight is 235 g/mol. The van der Waals surface area contributed by atoms with Crippen molar-refractivity contribution in [1.29, 1.82) is 0 Å². The van der Waals surface area contributed by atoms with E-state index in [2.05, 4.69) is 35.8 Å². The number of aryl methyl sites for hydroxylation is 1. The minimum Gasteiger partial charge on any atom is -0.337 e. The topological polar surface area (TPSA) is 29.9 Å². The van der Waals surface area contributed by atoms with E-state index in [-0.39, 0.29) is 0 Å². The second-order valence-corrected chi connectivity index (χ2v) is 5.47. The summed E-state index contributed by atoms with van der Waals surface area (Å²) in [5.74, 6) is 1.99. The van der Waals surface area contributed by atoms with Crippen molar-refractivity contribution in [2.75, 3.05) is 0 Å². The fourth-order valence-electron chi connectivity index (χ4n) is 3.03. The van der Waals surface area contributed by atoms with Gasteiger partial charge in [0.05, 0.1) is 6.04 Å². The molecule has 2 rings (SSSR count). The summed E-state index contributed by atoms with van der Waals surface area (Å²) in [5, 5.41) is 3.71. The molecule has 1 fully saturated rings. The van der Waals surface area contributed by atoms with Gasteiger partial charge in [-0.05, 0) is 32.6 Å². The van der Waals surface area contributed by atoms with Crippen LogP contribution >= 0.6 is 0 Å². The largest absolute Gasteiger partial charge is 0.337 e. The third-order valence-corrected chi connectivity index (χ3v) is 4.12. The van der Waals surface area contributed by atoms with Gasteiger partial charge < -0.3 is 9.88 Å². The molecule has 0 aromatic carbocycles. The molecule has 0 aliphatic heterocycles. The first kappa shape index (κ1) is 12.6. The molecule has 1 aliphatic carbocycles. The van der Waals surface area contributed by atoms with E-state index in [1.807, 2.05) is 12.4 Å². The van der Waals surface area contributed by atoms with Crippen molar-refractivity contribution in [3.05, 3.63) is 18.2 Å². The van der Waals surface area contributed by atoms with Crippen LogP contribution in [0.2, 0.25) is 0 Å². The molecule has 17 heavy (non-hydrogen) atoms. The van der Waals surface area contributed by atoms with E-state index in [0.717, 1.165) is 11.7 Å². The second-order valence-electron chi connectivity index (χ2n) is 5.47. The maximum absolute atomic E-state index is 4.41. The van der Waals surface area contributed by atoms with Crippen molar-refractivity contribution in [1.82, 2.24) is 14.9 Å². The first-order valence-corrected chi connectivity index (χ1v) is 6.91. The van der Waals surface area contributed by atoms with Crippen molar-refractivity contribution < 1.29 is 0 Å². The summed E-state index contributed by atoms with van der Waals surface area (Å²) in [4.78, 5) is 4.41. The van der Waals surface area contributed by atoms with E-state index in [1.165, 1.54) is 32.1 Å². The third-order valence-electron chi connectivity index (χ3n) is 4.12. The van der Waals surface area contributed by atoms with Crippen LogP contribution in [0, 0.1) is 5.92 Å². The summed E-state index contributed by atoms with van der Waals surface area (Å²) >= 11 is 0. The molecular weight excluding hydrogens is 210 g/mol. The predicted molar refractivity (Wildman–Crippen MR) is 70.8 cm³/mol. The van der Waals surface area contributed by atoms with E-state index in [4.69, 9.17) is 0 Å². The van der Waals surface area contributed by atoms with Crippen molar-refractivity contribution in [2.45, 2.75) is 58.0 Å². The molecule has 1 aromatic rings. The van der Waals surface area contributed by atoms with E-state index < -0.39 is 0 Å². The van der Waals surface area contributed by atoms with Gasteiger partial charge in [0, 0.05) is 25.5 Å². The highest BCUT2D eigenvalue weighted by atomic mass is 15.1. The monoisotopic (exact) mass is 235 g/mol. The van der Waals surface area contributed by atoms with Gasteiger partial charge in [0.2, 0.25) is 0 Å². The summed E-state index contributed by atoms with van der Waals surface area (Å²) in [6, 6.07) is 0.939. The van der Waals surface area contributed by atoms with E-state index in [0.29, 0.717) is 12.1 Å². The lowest BCUT2D eigenvalue weighted by atomic mass is 9.84. The fourth-order valence-corrected chi connectivity index (χ4v) is 3.03. The summed E-state index contributed by atoms with van der Waals surface area (Å²) in [5.41, 5.74) is 0. The van der Waals surface area contributed by atoms with Crippen LogP contribution in [-0.2, 0) is 7.05 Å². The van der Waals surface area contributed by atoms with Crippen LogP contribution in [0.3, 0.4) is 0 Å². The Morgan fingerprint density at radius 3 is 2.59 bits per heavy atom. The van der Waals surface area contributed by atoms with Crippen molar-refractivity contribution in [3.8, 4) is 0 Å². The normalized spacial score (nSPS) is 21.4. The molecule has 1 saturated carbocycles. The number of hydrogen-bond acceptors (Lipinski definition) is 2. The number of hydrogen-bond donors (Lipinski definition) is 1. The number of imidazole rings is 1. The smallest absolute Gasteiger partial charge is 0.125 e. The number of aromatic nitrogens is 2. The van der Waals surface area contributed by atoms with Crippen LogP contribution < -0.4 is 5.32 Å². The molecule has 0 amide bonds. The van der Waals surface area contributed by atoms with Crippen LogP contribution in [0.25, 0.3) is 0 Å². The molecule has 3 nitrogen and oxygen atoms in total. The quantitative estimate of drug-likeness (QED) is 0.869. The lowest BCUT2D eigenvalue weighted by molar-refractivity contribution is 0.265. The number of nitrogens with zero attached hydrogens (tertiary/aromatic N) is 2. The molecule has 2 atom stereocenters. The highest BCUT2D eigenvalue weighted by molar-refractivity contribution is 4.98. The first-order valence-electron chi connectivity index (χ1n) is 6.91. The van der Waals surface area contributed by atoms with Gasteiger partial charge in [0.15, 0.2) is 0 Å². The Labute approximate surface area is 105 Å². The SMILES string of the molecule is CC(N[C@H](C)C1CCCCC1)c1nccn1C. The summed E-state index contributed by atoms with van der Waals surface area (Å²) in [7, 11) is 2.06. The number of rotatable bonds is 4. The van der Waals surface area contributed by atoms with Gasteiger partial charge in [-0.3, -0.25) is 0 Å². The Balaban J connectivity index is 1.89. The summed E-state index contributed by atoms with van der Waals surface area (Å²) < 4.78 is 2.10. The minimum atomic E-state index is 0.340. The van der Waals surface area contributed by atoms with Gasteiger partial charge in [0.25, 0.3) is 0 Å². The van der Waals surface area contributed by atoms with E-state index in [1.54, 1.807) is 0 Å². The molecule has 1 aliphatic rings. The molecule has 1 N–H and O–H groups in total. The Hall–Kier alpha value is -0.830. The summed E-state index contributed by atoms with van der Waals surface area (Å²) in [6.07, 6.45) is 10.9. The van der Waals surface area contributed by atoms with Crippen LogP contribution in [0.1, 0.15) is 57.8 Å². The average Bonchev–Trinajstić information content (AvgIpc) is 2.76. The minimum absolute atomic E-state index is 0.340. The molecule has 1 heterocycles. The van der Waals surface area contributed by atoms with E-state index >= 15 is 0 Å². The zero-order valence-corrected chi connectivity index (χ0v) is 11.3. The Bertz CT molecular complexity index is 339. The van der Waals surface area contributed by atoms with Gasteiger partial charge in [-0.2, -0.15) is 0 Å². The molecular formula is C14H25N3. The van der Waals surface area contributed by atoms with Crippen LogP contribution in [0.4, 0.5) is 0 Å². The standard InChI is InChI=1S/C14H25N3/c1-11(13-7-5-4-6-8-13)16-12(2)14-15-9-10-17(14)3/h9-13,16H,4-8H2,1-3H3/t11-,12?/m1/s1. The molecule has 0 bridgehead atoms. The van der Waals surface area contributed by atoms with Gasteiger partial charge in [-0.15, -0.1) is 0 Å². The zero-order valence-electron chi connectivity index (χ0n) is 11.3. The van der Waals surface area contributed by atoms with E-state index in [9.17, 15) is 0 Å². The molecule has 1 unspecified atom stereocenters. The molecule has 96 valence electrons. The van der Waals surface area contributed by atoms with Gasteiger partial charge in [0.1, 0.15) is 5.82 Å². The molecule has 1 aromatic heterocycles. The highest BCUT2D eigenvalue weighted by Crippen LogP contribution is 2.27. The summed E-state index contributed by atoms with van der Waals surface area (Å²) in [6.45, 7) is 4.54. The molecule has 3 heteroatoms. The first-order chi connectivity index (χ1) is 8.18. The van der Waals surface area contributed by atoms with Crippen LogP contribution in [0.15, 0.2) is 12.4 Å². The van der Waals surface area contributed by atoms with Crippen molar-refractivity contribution in [3.63, 3.8) is 0 Å². The maximum Gasteiger partial charge on any atom is 0.125 e. The van der Waals surface area contributed by atoms with Crippen molar-refractivity contribution >= 4 is 0 Å². The number of nitrogens with one attached hydrogen (secondary N) is 1. The third kappa shape index (κ3) is 3.09. The van der Waals surface area contributed by atoms with Gasteiger partial charge in [-0.25, -0.2) is 4.98 Å². The van der Waals surface area contributed by atoms with Crippen LogP contribution in [-0.4, -0.2) is 15.6 Å². The molecule has 0 spiro atoms. The Kier molecular flexibility index (Phi) is 4.21. The lowest BCUT2D eigenvalue weighted by Gasteiger charge is -2.30. The maximum atomic E-state index is 4.41. The Morgan fingerprint density at radius 1 is 1.29 bits per heavy atom. The predicted octanol–water partition coefficient (Wildman–Crippen LogP) is 3.04. The Morgan fingerprint density at radius 2 is 2.00 bits per heavy atom. The zero-order chi connectivity index (χ0) is 12.3. The van der Waals surface area contributed by atoms with Crippen LogP contribution in [0.5, 0.6) is 0 Å². The van der Waals surface area contributed by atoms with Crippen molar-refractivity contribution in [2.24, 2.45) is 13.0 Å². The molecule has 0 saturated heterocycles. The van der Waals surface area contributed by atoms with Gasteiger partial charge >= 0.3 is 0 Å². The second kappa shape index (κ2) is 5.67. The molecule has 0 radical (unpaired) electrons. The highest BCUT2D eigenvalue weighted by Gasteiger charge is 2.22.